The van der Waals surface area contributed by atoms with Crippen molar-refractivity contribution in [3.63, 3.8) is 0 Å². The van der Waals surface area contributed by atoms with Gasteiger partial charge in [-0.2, -0.15) is 12.6 Å². The topological polar surface area (TPSA) is 73.8 Å². The molecule has 0 aliphatic carbocycles. The molecule has 0 spiro atoms. The number of likely N-dealkylation sites (tertiary alicyclic amines) is 1. The highest BCUT2D eigenvalue weighted by Gasteiger charge is 2.41. The van der Waals surface area contributed by atoms with Crippen molar-refractivity contribution in [2.24, 2.45) is 4.99 Å². The molecule has 1 aromatic carbocycles. The van der Waals surface area contributed by atoms with Crippen LogP contribution in [0.25, 0.3) is 4.91 Å². The average molecular weight is 477 g/mol. The molecule has 1 saturated heterocycles. The van der Waals surface area contributed by atoms with E-state index in [-0.39, 0.29) is 17.9 Å². The van der Waals surface area contributed by atoms with E-state index in [0.717, 1.165) is 28.1 Å². The van der Waals surface area contributed by atoms with Crippen LogP contribution in [0.1, 0.15) is 57.7 Å². The summed E-state index contributed by atoms with van der Waals surface area (Å²) in [5.74, 6) is -0.194. The fourth-order valence-corrected chi connectivity index (χ4v) is 5.08. The summed E-state index contributed by atoms with van der Waals surface area (Å²) in [6, 6.07) is 7.03. The minimum absolute atomic E-state index is 0.0789. The Bertz CT molecular complexity index is 862. The van der Waals surface area contributed by atoms with Crippen LogP contribution in [0.3, 0.4) is 0 Å². The monoisotopic (exact) mass is 476 g/mol. The van der Waals surface area contributed by atoms with E-state index in [4.69, 9.17) is 0 Å². The highest BCUT2D eigenvalue weighted by Crippen LogP contribution is 2.30. The van der Waals surface area contributed by atoms with Crippen LogP contribution in [0.5, 0.6) is 0 Å². The van der Waals surface area contributed by atoms with Crippen LogP contribution in [0.2, 0.25) is 0 Å². The van der Waals surface area contributed by atoms with E-state index < -0.39 is 16.8 Å². The number of carbonyl (C=O) groups excluding carboxylic acids is 2. The number of allylic oxidation sites excluding steroid dienone is 1. The van der Waals surface area contributed by atoms with Crippen molar-refractivity contribution in [3.05, 3.63) is 41.1 Å². The molecule has 1 aliphatic heterocycles. The lowest BCUT2D eigenvalue weighted by atomic mass is 10.0. The van der Waals surface area contributed by atoms with Gasteiger partial charge in [0.05, 0.1) is 11.7 Å². The summed E-state index contributed by atoms with van der Waals surface area (Å²) in [4.78, 5) is 33.0. The Morgan fingerprint density at radius 2 is 1.94 bits per heavy atom. The molecule has 2 rings (SSSR count). The number of aliphatic imine (C=N–C) groups is 1. The van der Waals surface area contributed by atoms with Gasteiger partial charge in [0.2, 0.25) is 11.8 Å². The number of thioether (sulfide) groups is 1. The summed E-state index contributed by atoms with van der Waals surface area (Å²) in [6.07, 6.45) is 3.50. The van der Waals surface area contributed by atoms with Crippen LogP contribution in [0.15, 0.2) is 35.0 Å². The van der Waals surface area contributed by atoms with Crippen molar-refractivity contribution in [2.75, 3.05) is 19.8 Å². The molecule has 3 atom stereocenters. The fraction of sp³-hybridized carbons (Fsp3) is 0.542. The minimum atomic E-state index is -0.534. The Hall–Kier alpha value is -1.77. The first-order chi connectivity index (χ1) is 15.0. The zero-order valence-corrected chi connectivity index (χ0v) is 21.6. The van der Waals surface area contributed by atoms with Gasteiger partial charge in [-0.15, -0.1) is 11.8 Å². The van der Waals surface area contributed by atoms with Gasteiger partial charge < -0.3 is 15.5 Å². The van der Waals surface area contributed by atoms with Crippen LogP contribution in [0, 0.1) is 0 Å². The van der Waals surface area contributed by atoms with Crippen molar-refractivity contribution in [1.82, 2.24) is 15.5 Å². The summed E-state index contributed by atoms with van der Waals surface area (Å²) in [5.41, 5.74) is 2.97. The molecule has 6 nitrogen and oxygen atoms in total. The van der Waals surface area contributed by atoms with Crippen LogP contribution in [0.4, 0.5) is 0 Å². The average Bonchev–Trinajstić information content (AvgIpc) is 3.24. The van der Waals surface area contributed by atoms with E-state index in [0.29, 0.717) is 13.0 Å². The first kappa shape index (κ1) is 26.5. The van der Waals surface area contributed by atoms with Crippen LogP contribution in [-0.4, -0.2) is 60.1 Å². The number of thiol groups is 1. The second-order valence-corrected chi connectivity index (χ2v) is 10.7. The van der Waals surface area contributed by atoms with Crippen molar-refractivity contribution in [3.8, 4) is 0 Å². The summed E-state index contributed by atoms with van der Waals surface area (Å²) in [5, 5.41) is 6.16. The predicted molar refractivity (Wildman–Crippen MR) is 139 cm³/mol. The minimum Gasteiger partial charge on any atom is -0.348 e. The maximum Gasteiger partial charge on any atom is 0.243 e. The van der Waals surface area contributed by atoms with Gasteiger partial charge in [-0.1, -0.05) is 24.3 Å². The lowest BCUT2D eigenvalue weighted by Gasteiger charge is -2.34. The highest BCUT2D eigenvalue weighted by atomic mass is 32.2. The van der Waals surface area contributed by atoms with Gasteiger partial charge in [0.15, 0.2) is 0 Å². The van der Waals surface area contributed by atoms with Gasteiger partial charge >= 0.3 is 0 Å². The Labute approximate surface area is 202 Å². The van der Waals surface area contributed by atoms with Crippen LogP contribution < -0.4 is 10.6 Å². The van der Waals surface area contributed by atoms with Gasteiger partial charge in [-0.3, -0.25) is 14.6 Å². The van der Waals surface area contributed by atoms with Crippen molar-refractivity contribution >= 4 is 47.8 Å². The van der Waals surface area contributed by atoms with Gasteiger partial charge in [-0.05, 0) is 71.7 Å². The standard InChI is InChI=1S/C24H36N4O2S2/c1-15(17-10-12-18(13-11-17)20(32-7)16(2)25-5)27-22(29)19-9-8-14-28(19)23(30)21(26-6)24(3,4)31/h10-13,15,19,21,26,31H,5,8-9,14H2,1-4,6-7H3,(H,27,29)/b20-16-/t15-,19-,21+/m0/s1. The Balaban J connectivity index is 2.11. The Morgan fingerprint density at radius 1 is 1.31 bits per heavy atom. The first-order valence-electron chi connectivity index (χ1n) is 10.9. The predicted octanol–water partition coefficient (Wildman–Crippen LogP) is 3.90. The van der Waals surface area contributed by atoms with Crippen molar-refractivity contribution < 1.29 is 9.59 Å². The highest BCUT2D eigenvalue weighted by molar-refractivity contribution is 8.07. The number of nitrogens with one attached hydrogen (secondary N) is 2. The van der Waals surface area contributed by atoms with E-state index in [9.17, 15) is 9.59 Å². The maximum absolute atomic E-state index is 13.1. The van der Waals surface area contributed by atoms with Crippen LogP contribution >= 0.6 is 24.4 Å². The molecule has 1 aliphatic rings. The van der Waals surface area contributed by atoms with E-state index in [1.54, 1.807) is 23.7 Å². The van der Waals surface area contributed by atoms with Gasteiger partial charge in [0.25, 0.3) is 0 Å². The molecular formula is C24H36N4O2S2. The molecule has 2 N–H and O–H groups in total. The third-order valence-electron chi connectivity index (χ3n) is 5.88. The number of benzene rings is 1. The molecule has 1 aromatic rings. The van der Waals surface area contributed by atoms with Gasteiger partial charge in [-0.25, -0.2) is 0 Å². The van der Waals surface area contributed by atoms with Crippen molar-refractivity contribution in [1.29, 1.82) is 0 Å². The number of hydrogen-bond acceptors (Lipinski definition) is 6. The molecule has 0 unspecified atom stereocenters. The molecule has 1 heterocycles. The number of amides is 2. The first-order valence-corrected chi connectivity index (χ1v) is 12.5. The second kappa shape index (κ2) is 11.4. The lowest BCUT2D eigenvalue weighted by Crippen LogP contribution is -2.57. The largest absolute Gasteiger partial charge is 0.348 e. The number of hydrogen-bond donors (Lipinski definition) is 3. The molecule has 8 heteroatoms. The van der Waals surface area contributed by atoms with E-state index in [2.05, 4.69) is 35.0 Å². The fourth-order valence-electron chi connectivity index (χ4n) is 4.11. The summed E-state index contributed by atoms with van der Waals surface area (Å²) >= 11 is 6.20. The third kappa shape index (κ3) is 6.17. The summed E-state index contributed by atoms with van der Waals surface area (Å²) in [6.45, 7) is 11.9. The molecule has 32 heavy (non-hydrogen) atoms. The summed E-state index contributed by atoms with van der Waals surface area (Å²) in [7, 11) is 1.75. The van der Waals surface area contributed by atoms with Crippen LogP contribution in [-0.2, 0) is 9.59 Å². The molecule has 0 radical (unpaired) electrons. The number of rotatable bonds is 9. The molecule has 0 aromatic heterocycles. The molecule has 0 bridgehead atoms. The third-order valence-corrected chi connectivity index (χ3v) is 7.08. The van der Waals surface area contributed by atoms with E-state index in [1.165, 1.54) is 0 Å². The van der Waals surface area contributed by atoms with Gasteiger partial charge in [0.1, 0.15) is 12.1 Å². The molecule has 1 fully saturated rings. The maximum atomic E-state index is 13.1. The normalized spacial score (nSPS) is 19.2. The molecule has 0 saturated carbocycles. The molecule has 176 valence electrons. The summed E-state index contributed by atoms with van der Waals surface area (Å²) < 4.78 is -0.534. The van der Waals surface area contributed by atoms with E-state index in [1.807, 2.05) is 58.2 Å². The van der Waals surface area contributed by atoms with E-state index >= 15 is 0 Å². The number of likely N-dealkylation sites (N-methyl/N-ethyl adjacent to an activating group) is 1. The SMILES string of the molecule is C=N/C(C)=C(\SC)c1ccc([C@H](C)NC(=O)[C@@H]2CCCN2C(=O)[C@@H](NC)C(C)(C)S)cc1. The number of nitrogens with zero attached hydrogens (tertiary/aromatic N) is 2. The second-order valence-electron chi connectivity index (χ2n) is 8.69. The zero-order valence-electron chi connectivity index (χ0n) is 19.9. The van der Waals surface area contributed by atoms with Crippen molar-refractivity contribution in [2.45, 2.75) is 63.4 Å². The smallest absolute Gasteiger partial charge is 0.243 e. The Morgan fingerprint density at radius 3 is 2.44 bits per heavy atom. The molecular weight excluding hydrogens is 440 g/mol. The molecule has 2 amide bonds. The lowest BCUT2D eigenvalue weighted by molar-refractivity contribution is -0.140. The number of carbonyl (C=O) groups is 2. The quantitative estimate of drug-likeness (QED) is 0.373. The Kier molecular flexibility index (Phi) is 9.42. The van der Waals surface area contributed by atoms with Gasteiger partial charge in [0, 0.05) is 16.2 Å². The zero-order chi connectivity index (χ0) is 24.1.